The molecule has 3 aromatic rings. The molecule has 0 fully saturated rings. The van der Waals surface area contributed by atoms with Crippen molar-refractivity contribution in [3.63, 3.8) is 0 Å². The maximum Gasteiger partial charge on any atom is 0.272 e. The van der Waals surface area contributed by atoms with E-state index in [1.807, 2.05) is 12.1 Å². The number of aromatic nitrogens is 2. The van der Waals surface area contributed by atoms with Gasteiger partial charge in [0.2, 0.25) is 0 Å². The Kier molecular flexibility index (Phi) is 9.75. The molecular formula is C26H34N2O2S2. The number of hydrogen-bond acceptors (Lipinski definition) is 4. The molecule has 3 aromatic heterocycles. The van der Waals surface area contributed by atoms with Crippen LogP contribution in [0.5, 0.6) is 0 Å². The number of rotatable bonds is 12. The van der Waals surface area contributed by atoms with Gasteiger partial charge in [0.15, 0.2) is 0 Å². The van der Waals surface area contributed by atoms with Crippen LogP contribution in [0.4, 0.5) is 0 Å². The van der Waals surface area contributed by atoms with Crippen LogP contribution in [0.3, 0.4) is 0 Å². The quantitative estimate of drug-likeness (QED) is 0.362. The molecule has 0 atom stereocenters. The van der Waals surface area contributed by atoms with Crippen LogP contribution < -0.4 is 21.8 Å². The third kappa shape index (κ3) is 7.45. The van der Waals surface area contributed by atoms with Crippen LogP contribution in [0.2, 0.25) is 0 Å². The lowest BCUT2D eigenvalue weighted by molar-refractivity contribution is 0.670. The Morgan fingerprint density at radius 1 is 0.656 bits per heavy atom. The van der Waals surface area contributed by atoms with Gasteiger partial charge in [0.1, 0.15) is 10.7 Å². The number of aromatic amines is 2. The molecule has 0 bridgehead atoms. The molecule has 172 valence electrons. The summed E-state index contributed by atoms with van der Waals surface area (Å²) in [6, 6.07) is 8.28. The second-order valence-electron chi connectivity index (χ2n) is 8.25. The fraction of sp³-hybridized carbons (Fsp3) is 0.462. The topological polar surface area (TPSA) is 65.7 Å². The zero-order valence-electron chi connectivity index (χ0n) is 19.2. The fourth-order valence-corrected chi connectivity index (χ4v) is 5.64. The van der Waals surface area contributed by atoms with Crippen LogP contribution in [0.25, 0.3) is 12.2 Å². The number of nitrogens with one attached hydrogen (secondary N) is 2. The molecular weight excluding hydrogens is 436 g/mol. The van der Waals surface area contributed by atoms with Crippen LogP contribution in [0.15, 0.2) is 33.9 Å². The monoisotopic (exact) mass is 470 g/mol. The predicted molar refractivity (Wildman–Crippen MR) is 138 cm³/mol. The summed E-state index contributed by atoms with van der Waals surface area (Å²) in [6.45, 7) is 4.43. The average molecular weight is 471 g/mol. The van der Waals surface area contributed by atoms with Crippen molar-refractivity contribution >= 4 is 34.8 Å². The van der Waals surface area contributed by atoms with Crippen molar-refractivity contribution in [2.75, 3.05) is 0 Å². The molecule has 0 aliphatic heterocycles. The standard InChI is InChI=1S/C26H34N2O2S2/c1-3-5-7-9-11-19-13-15-21(31-19)17-23-25(29)28-24(26(30)27-23)18-22-16-14-20(32-22)12-10-8-6-4-2/h13-18H,3-12H2,1-2H3,(H,27,30)(H,28,29). The van der Waals surface area contributed by atoms with Gasteiger partial charge in [0.25, 0.3) is 11.1 Å². The van der Waals surface area contributed by atoms with Gasteiger partial charge in [0.05, 0.1) is 0 Å². The zero-order chi connectivity index (χ0) is 22.8. The van der Waals surface area contributed by atoms with E-state index in [0.29, 0.717) is 10.7 Å². The smallest absolute Gasteiger partial charge is 0.272 e. The van der Waals surface area contributed by atoms with Gasteiger partial charge in [-0.15, -0.1) is 22.7 Å². The van der Waals surface area contributed by atoms with Gasteiger partial charge in [-0.1, -0.05) is 52.4 Å². The van der Waals surface area contributed by atoms with Crippen molar-refractivity contribution < 1.29 is 0 Å². The average Bonchev–Trinajstić information content (AvgIpc) is 3.42. The van der Waals surface area contributed by atoms with Gasteiger partial charge in [-0.3, -0.25) is 9.59 Å². The first-order chi connectivity index (χ1) is 15.6. The number of aryl methyl sites for hydroxylation is 2. The van der Waals surface area contributed by atoms with E-state index in [0.717, 1.165) is 22.6 Å². The minimum Gasteiger partial charge on any atom is -0.316 e. The molecule has 0 saturated carbocycles. The summed E-state index contributed by atoms with van der Waals surface area (Å²) < 4.78 is 0. The molecule has 0 saturated heterocycles. The highest BCUT2D eigenvalue weighted by Gasteiger charge is 2.02. The Balaban J connectivity index is 1.73. The third-order valence-corrected chi connectivity index (χ3v) is 7.66. The minimum absolute atomic E-state index is 0.273. The van der Waals surface area contributed by atoms with E-state index < -0.39 is 0 Å². The number of thiophene rings is 2. The first-order valence-electron chi connectivity index (χ1n) is 11.8. The maximum absolute atomic E-state index is 12.6. The van der Waals surface area contributed by atoms with Gasteiger partial charge in [0, 0.05) is 19.5 Å². The second kappa shape index (κ2) is 12.8. The van der Waals surface area contributed by atoms with Crippen LogP contribution >= 0.6 is 22.7 Å². The van der Waals surface area contributed by atoms with Crippen LogP contribution in [-0.2, 0) is 12.8 Å². The minimum atomic E-state index is -0.273. The lowest BCUT2D eigenvalue weighted by Gasteiger charge is -1.96. The van der Waals surface area contributed by atoms with Crippen molar-refractivity contribution in [2.45, 2.75) is 78.1 Å². The summed E-state index contributed by atoms with van der Waals surface area (Å²) >= 11 is 3.37. The van der Waals surface area contributed by atoms with Gasteiger partial charge in [-0.2, -0.15) is 0 Å². The molecule has 3 rings (SSSR count). The highest BCUT2D eigenvalue weighted by molar-refractivity contribution is 7.13. The van der Waals surface area contributed by atoms with Gasteiger partial charge in [-0.25, -0.2) is 0 Å². The molecule has 0 radical (unpaired) electrons. The van der Waals surface area contributed by atoms with Gasteiger partial charge < -0.3 is 9.97 Å². The summed E-state index contributed by atoms with van der Waals surface area (Å²) in [4.78, 5) is 35.3. The summed E-state index contributed by atoms with van der Waals surface area (Å²) in [5.41, 5.74) is -0.546. The number of unbranched alkanes of at least 4 members (excludes halogenated alkanes) is 6. The number of H-pyrrole nitrogens is 2. The largest absolute Gasteiger partial charge is 0.316 e. The molecule has 4 nitrogen and oxygen atoms in total. The zero-order valence-corrected chi connectivity index (χ0v) is 20.8. The van der Waals surface area contributed by atoms with Crippen molar-refractivity contribution in [1.82, 2.24) is 9.97 Å². The molecule has 3 heterocycles. The molecule has 0 aliphatic rings. The summed E-state index contributed by atoms with van der Waals surface area (Å²) in [7, 11) is 0. The molecule has 0 spiro atoms. The predicted octanol–water partition coefficient (Wildman–Crippen LogP) is 5.09. The Morgan fingerprint density at radius 3 is 1.50 bits per heavy atom. The van der Waals surface area contributed by atoms with Crippen molar-refractivity contribution in [2.24, 2.45) is 0 Å². The maximum atomic E-state index is 12.6. The Bertz CT molecular complexity index is 1120. The molecule has 0 amide bonds. The molecule has 2 N–H and O–H groups in total. The summed E-state index contributed by atoms with van der Waals surface area (Å²) in [5.74, 6) is 0. The van der Waals surface area contributed by atoms with Crippen LogP contribution in [0.1, 0.15) is 84.7 Å². The Morgan fingerprint density at radius 2 is 1.09 bits per heavy atom. The van der Waals surface area contributed by atoms with Crippen molar-refractivity contribution in [3.05, 3.63) is 75.2 Å². The van der Waals surface area contributed by atoms with Crippen LogP contribution in [-0.4, -0.2) is 9.97 Å². The van der Waals surface area contributed by atoms with E-state index in [2.05, 4.69) is 35.9 Å². The number of hydrogen-bond donors (Lipinski definition) is 2. The molecule has 0 unspecified atom stereocenters. The van der Waals surface area contributed by atoms with E-state index in [4.69, 9.17) is 0 Å². The van der Waals surface area contributed by atoms with E-state index >= 15 is 0 Å². The van der Waals surface area contributed by atoms with Gasteiger partial charge in [-0.05, 0) is 62.1 Å². The van der Waals surface area contributed by atoms with E-state index in [1.165, 1.54) is 61.1 Å². The second-order valence-corrected chi connectivity index (χ2v) is 10.7. The lowest BCUT2D eigenvalue weighted by atomic mass is 10.1. The van der Waals surface area contributed by atoms with Crippen molar-refractivity contribution in [1.29, 1.82) is 0 Å². The van der Waals surface area contributed by atoms with Gasteiger partial charge >= 0.3 is 0 Å². The third-order valence-electron chi connectivity index (χ3n) is 5.48. The van der Waals surface area contributed by atoms with Crippen molar-refractivity contribution in [3.8, 4) is 0 Å². The lowest BCUT2D eigenvalue weighted by Crippen LogP contribution is -2.46. The normalized spacial score (nSPS) is 12.7. The highest BCUT2D eigenvalue weighted by atomic mass is 32.1. The SMILES string of the molecule is CCCCCCc1ccc(C=c2[nH]c(=O)c(=Cc3ccc(CCCCCC)s3)[nH]c2=O)s1. The Hall–Kier alpha value is -2.18. The molecule has 6 heteroatoms. The first-order valence-corrected chi connectivity index (χ1v) is 13.5. The summed E-state index contributed by atoms with van der Waals surface area (Å²) in [5, 5.41) is 0.601. The first kappa shape index (κ1) is 24.5. The van der Waals surface area contributed by atoms with E-state index in [9.17, 15) is 9.59 Å². The molecule has 0 aromatic carbocycles. The summed E-state index contributed by atoms with van der Waals surface area (Å²) in [6.07, 6.45) is 15.6. The van der Waals surface area contributed by atoms with E-state index in [-0.39, 0.29) is 11.1 Å². The Labute approximate surface area is 197 Å². The van der Waals surface area contributed by atoms with E-state index in [1.54, 1.807) is 34.8 Å². The highest BCUT2D eigenvalue weighted by Crippen LogP contribution is 2.20. The fourth-order valence-electron chi connectivity index (χ4n) is 3.65. The molecule has 0 aliphatic carbocycles. The molecule has 32 heavy (non-hydrogen) atoms. The van der Waals surface area contributed by atoms with Crippen LogP contribution in [0, 0.1) is 0 Å².